The number of nitrogens with zero attached hydrogens (tertiary/aromatic N) is 1. The van der Waals surface area contributed by atoms with Crippen molar-refractivity contribution in [3.8, 4) is 0 Å². The van der Waals surface area contributed by atoms with Crippen molar-refractivity contribution in [3.63, 3.8) is 0 Å². The summed E-state index contributed by atoms with van der Waals surface area (Å²) in [7, 11) is -0.135. The van der Waals surface area contributed by atoms with E-state index in [1.807, 2.05) is 0 Å². The highest BCUT2D eigenvalue weighted by Gasteiger charge is 2.14. The molecule has 0 bridgehead atoms. The lowest BCUT2D eigenvalue weighted by Crippen LogP contribution is -2.44. The van der Waals surface area contributed by atoms with Gasteiger partial charge in [0.25, 0.3) is 0 Å². The molecule has 0 saturated carbocycles. The van der Waals surface area contributed by atoms with Crippen LogP contribution in [-0.4, -0.2) is 21.7 Å². The van der Waals surface area contributed by atoms with E-state index in [1.54, 1.807) is 19.3 Å². The van der Waals surface area contributed by atoms with Gasteiger partial charge in [-0.25, -0.2) is 0 Å². The Bertz CT molecular complexity index is 307. The van der Waals surface area contributed by atoms with Crippen LogP contribution in [-0.2, 0) is 7.05 Å². The third-order valence-corrected chi connectivity index (χ3v) is 1.43. The molecule has 1 rings (SSSR count). The van der Waals surface area contributed by atoms with Gasteiger partial charge in [0.1, 0.15) is 0 Å². The second-order valence-electron chi connectivity index (χ2n) is 2.25. The Morgan fingerprint density at radius 2 is 2.18 bits per heavy atom. The van der Waals surface area contributed by atoms with Crippen molar-refractivity contribution in [2.24, 2.45) is 7.05 Å². The Balaban J connectivity index is 3.28. The van der Waals surface area contributed by atoms with Crippen molar-refractivity contribution in [1.29, 1.82) is 0 Å². The molecule has 0 aliphatic carbocycles. The van der Waals surface area contributed by atoms with E-state index in [1.165, 1.54) is 10.6 Å². The Morgan fingerprint density at radius 3 is 2.64 bits per heavy atom. The van der Waals surface area contributed by atoms with Gasteiger partial charge in [-0.2, -0.15) is 0 Å². The van der Waals surface area contributed by atoms with Crippen molar-refractivity contribution in [2.45, 2.75) is 0 Å². The fourth-order valence-corrected chi connectivity index (χ4v) is 0.815. The molecule has 0 unspecified atom stereocenters. The van der Waals surface area contributed by atoms with Crippen LogP contribution in [0.2, 0.25) is 0 Å². The second kappa shape index (κ2) is 2.90. The zero-order chi connectivity index (χ0) is 8.43. The van der Waals surface area contributed by atoms with E-state index in [9.17, 15) is 4.79 Å². The highest BCUT2D eigenvalue weighted by atomic mass is 16.4. The van der Waals surface area contributed by atoms with Crippen LogP contribution in [0.5, 0.6) is 0 Å². The van der Waals surface area contributed by atoms with Crippen LogP contribution in [0, 0.1) is 0 Å². The highest BCUT2D eigenvalue weighted by Crippen LogP contribution is 1.76. The summed E-state index contributed by atoms with van der Waals surface area (Å²) in [5, 5.41) is 17.3. The Hall–Kier alpha value is -1.07. The fraction of sp³-hybridized carbons (Fsp3) is 0.167. The first kappa shape index (κ1) is 8.04. The van der Waals surface area contributed by atoms with Gasteiger partial charge < -0.3 is 14.6 Å². The quantitative estimate of drug-likeness (QED) is 0.461. The van der Waals surface area contributed by atoms with Crippen LogP contribution in [0.1, 0.15) is 0 Å². The Morgan fingerprint density at radius 1 is 1.55 bits per heavy atom. The van der Waals surface area contributed by atoms with Gasteiger partial charge in [-0.05, 0) is 6.07 Å². The molecule has 4 nitrogen and oxygen atoms in total. The van der Waals surface area contributed by atoms with Gasteiger partial charge in [0.15, 0.2) is 0 Å². The molecule has 0 aromatic carbocycles. The Labute approximate surface area is 63.9 Å². The summed E-state index contributed by atoms with van der Waals surface area (Å²) in [6, 6.07) is 2.96. The van der Waals surface area contributed by atoms with E-state index >= 15 is 0 Å². The minimum atomic E-state index is -1.69. The summed E-state index contributed by atoms with van der Waals surface area (Å²) in [5.41, 5.74) is -0.391. The van der Waals surface area contributed by atoms with Crippen molar-refractivity contribution in [3.05, 3.63) is 28.7 Å². The number of rotatable bonds is 1. The first-order valence-electron chi connectivity index (χ1n) is 3.14. The first-order valence-corrected chi connectivity index (χ1v) is 3.14. The van der Waals surface area contributed by atoms with Gasteiger partial charge >= 0.3 is 7.12 Å². The van der Waals surface area contributed by atoms with Crippen LogP contribution in [0.25, 0.3) is 0 Å². The van der Waals surface area contributed by atoms with Crippen molar-refractivity contribution in [1.82, 2.24) is 4.57 Å². The van der Waals surface area contributed by atoms with Crippen LogP contribution in [0.4, 0.5) is 0 Å². The average molecular weight is 153 g/mol. The summed E-state index contributed by atoms with van der Waals surface area (Å²) in [6.45, 7) is 0. The third kappa shape index (κ3) is 1.50. The molecule has 0 radical (unpaired) electrons. The average Bonchev–Trinajstić information content (AvgIpc) is 1.94. The number of hydrogen-bond donors (Lipinski definition) is 2. The molecule has 0 atom stereocenters. The molecule has 0 fully saturated rings. The SMILES string of the molecule is Cn1cccc(B(O)O)c1=O. The first-order chi connectivity index (χ1) is 5.13. The third-order valence-electron chi connectivity index (χ3n) is 1.43. The largest absolute Gasteiger partial charge is 0.494 e. The highest BCUT2D eigenvalue weighted by molar-refractivity contribution is 6.58. The maximum absolute atomic E-state index is 11.1. The molecular formula is C6H8BNO3. The molecule has 1 aromatic heterocycles. The zero-order valence-corrected chi connectivity index (χ0v) is 6.06. The van der Waals surface area contributed by atoms with E-state index in [4.69, 9.17) is 10.0 Å². The van der Waals surface area contributed by atoms with E-state index in [2.05, 4.69) is 0 Å². The van der Waals surface area contributed by atoms with Gasteiger partial charge in [0.2, 0.25) is 5.56 Å². The van der Waals surface area contributed by atoms with Gasteiger partial charge in [0, 0.05) is 18.7 Å². The molecule has 1 aromatic rings. The molecular weight excluding hydrogens is 145 g/mol. The standard InChI is InChI=1S/C6H8BNO3/c1-8-4-2-3-5(6(8)9)7(10)11/h2-4,10-11H,1H3. The number of aromatic nitrogens is 1. The van der Waals surface area contributed by atoms with E-state index in [-0.39, 0.29) is 11.0 Å². The topological polar surface area (TPSA) is 62.5 Å². The van der Waals surface area contributed by atoms with Crippen LogP contribution < -0.4 is 11.0 Å². The Kier molecular flexibility index (Phi) is 2.12. The maximum atomic E-state index is 11.1. The number of aryl methyl sites for hydroxylation is 1. The molecule has 1 heterocycles. The maximum Gasteiger partial charge on any atom is 0.494 e. The van der Waals surface area contributed by atoms with Crippen molar-refractivity contribution in [2.75, 3.05) is 0 Å². The molecule has 11 heavy (non-hydrogen) atoms. The molecule has 0 aliphatic rings. The fourth-order valence-electron chi connectivity index (χ4n) is 0.815. The van der Waals surface area contributed by atoms with Crippen LogP contribution in [0.15, 0.2) is 23.1 Å². The molecule has 0 saturated heterocycles. The van der Waals surface area contributed by atoms with E-state index < -0.39 is 7.12 Å². The molecule has 0 amide bonds. The molecule has 58 valence electrons. The summed E-state index contributed by atoms with van der Waals surface area (Å²) < 4.78 is 1.29. The zero-order valence-electron chi connectivity index (χ0n) is 6.06. The van der Waals surface area contributed by atoms with Gasteiger partial charge in [-0.15, -0.1) is 0 Å². The minimum absolute atomic E-state index is 0.00463. The van der Waals surface area contributed by atoms with Gasteiger partial charge in [-0.3, -0.25) is 4.79 Å². The second-order valence-corrected chi connectivity index (χ2v) is 2.25. The minimum Gasteiger partial charge on any atom is -0.423 e. The summed E-state index contributed by atoms with van der Waals surface area (Å²) in [5.74, 6) is 0. The predicted molar refractivity (Wildman–Crippen MR) is 41.5 cm³/mol. The molecule has 2 N–H and O–H groups in total. The van der Waals surface area contributed by atoms with E-state index in [0.717, 1.165) is 0 Å². The molecule has 0 spiro atoms. The van der Waals surface area contributed by atoms with E-state index in [0.29, 0.717) is 0 Å². The summed E-state index contributed by atoms with van der Waals surface area (Å²) >= 11 is 0. The number of hydrogen-bond acceptors (Lipinski definition) is 3. The normalized spacial score (nSPS) is 9.73. The van der Waals surface area contributed by atoms with Crippen molar-refractivity contribution < 1.29 is 10.0 Å². The van der Waals surface area contributed by atoms with Crippen molar-refractivity contribution >= 4 is 12.6 Å². The lowest BCUT2D eigenvalue weighted by atomic mass is 9.81. The lowest BCUT2D eigenvalue weighted by Gasteiger charge is -1.99. The van der Waals surface area contributed by atoms with Gasteiger partial charge in [0.05, 0.1) is 0 Å². The summed E-state index contributed by atoms with van der Waals surface area (Å²) in [4.78, 5) is 11.1. The smallest absolute Gasteiger partial charge is 0.423 e. The molecule has 0 aliphatic heterocycles. The monoisotopic (exact) mass is 153 g/mol. The predicted octanol–water partition coefficient (Wildman–Crippen LogP) is -1.93. The number of pyridine rings is 1. The lowest BCUT2D eigenvalue weighted by molar-refractivity contribution is 0.425. The van der Waals surface area contributed by atoms with Gasteiger partial charge in [-0.1, -0.05) is 6.07 Å². The summed E-state index contributed by atoms with van der Waals surface area (Å²) in [6.07, 6.45) is 1.55. The van der Waals surface area contributed by atoms with Crippen LogP contribution >= 0.6 is 0 Å². The van der Waals surface area contributed by atoms with Crippen LogP contribution in [0.3, 0.4) is 0 Å². The molecule has 5 heteroatoms.